The van der Waals surface area contributed by atoms with Gasteiger partial charge in [0.2, 0.25) is 29.5 Å². The number of rotatable bonds is 23. The second kappa shape index (κ2) is 20.8. The number of nitrogens with zero attached hydrogens (tertiary/aromatic N) is 2. The number of aromatic amines is 1. The van der Waals surface area contributed by atoms with Gasteiger partial charge in [-0.15, -0.1) is 0 Å². The molecule has 19 heteroatoms. The van der Waals surface area contributed by atoms with Crippen molar-refractivity contribution in [2.24, 2.45) is 5.73 Å². The van der Waals surface area contributed by atoms with Gasteiger partial charge in [-0.2, -0.15) is 0 Å². The van der Waals surface area contributed by atoms with Gasteiger partial charge in [0.1, 0.15) is 12.1 Å². The van der Waals surface area contributed by atoms with E-state index in [0.29, 0.717) is 6.42 Å². The summed E-state index contributed by atoms with van der Waals surface area (Å²) in [5.41, 5.74) is 6.19. The summed E-state index contributed by atoms with van der Waals surface area (Å²) in [6.07, 6.45) is 1.71. The number of carboxylic acids is 3. The summed E-state index contributed by atoms with van der Waals surface area (Å²) in [7, 11) is 0. The smallest absolute Gasteiger partial charge is 0.326 e. The molecule has 256 valence electrons. The van der Waals surface area contributed by atoms with E-state index in [4.69, 9.17) is 10.8 Å². The van der Waals surface area contributed by atoms with Crippen molar-refractivity contribution in [2.45, 2.75) is 76.4 Å². The van der Waals surface area contributed by atoms with Gasteiger partial charge in [-0.1, -0.05) is 0 Å². The Bertz CT molecular complexity index is 1210. The maximum absolute atomic E-state index is 12.4. The molecule has 0 spiro atoms. The van der Waals surface area contributed by atoms with Crippen molar-refractivity contribution in [1.29, 1.82) is 0 Å². The number of amides is 5. The Kier molecular flexibility index (Phi) is 17.6. The molecular formula is C27H42N8O11. The second-order valence-electron chi connectivity index (χ2n) is 10.3. The van der Waals surface area contributed by atoms with Gasteiger partial charge in [0.15, 0.2) is 0 Å². The van der Waals surface area contributed by atoms with E-state index in [9.17, 15) is 48.6 Å². The minimum atomic E-state index is -1.48. The highest BCUT2D eigenvalue weighted by Crippen LogP contribution is 2.04. The van der Waals surface area contributed by atoms with Crippen LogP contribution < -0.4 is 27.0 Å². The lowest BCUT2D eigenvalue weighted by molar-refractivity contribution is -0.143. The topological polar surface area (TPSA) is 303 Å². The standard InChI is InChI=1S/C27H42N8O11/c1-16(11-17-13-29-15-31-17)32-23(39)14-35(24(40)12-28)10-9-30-20(36)7-5-18(26(43)44)34-22(38)8-6-19(27(45)46)33-21(37)3-2-4-25(41)42/h13,15-16,18-19H,2-12,14,28H2,1H3,(H,29,31)(H,30,36)(H,32,39)(H,33,37)(H,34,38)(H,41,42)(H,43,44)(H,45,46). The molecule has 1 heterocycles. The van der Waals surface area contributed by atoms with Gasteiger partial charge in [0.05, 0.1) is 25.1 Å². The number of carbonyl (C=O) groups excluding carboxylic acids is 5. The van der Waals surface area contributed by atoms with Crippen molar-refractivity contribution >= 4 is 47.4 Å². The normalized spacial score (nSPS) is 12.6. The quantitative estimate of drug-likeness (QED) is 0.0582. The molecule has 0 saturated heterocycles. The first-order valence-electron chi connectivity index (χ1n) is 14.5. The molecule has 3 atom stereocenters. The molecule has 0 aliphatic carbocycles. The number of H-pyrrole nitrogens is 1. The minimum absolute atomic E-state index is 0.00377. The zero-order chi connectivity index (χ0) is 34.6. The Morgan fingerprint density at radius 1 is 0.848 bits per heavy atom. The molecule has 5 amide bonds. The first-order valence-corrected chi connectivity index (χ1v) is 14.5. The van der Waals surface area contributed by atoms with Crippen molar-refractivity contribution in [3.8, 4) is 0 Å². The maximum atomic E-state index is 12.4. The Labute approximate surface area is 264 Å². The SMILES string of the molecule is CC(Cc1c[nH]cn1)NC(=O)CN(CCNC(=O)CCC(NC(=O)CCC(NC(=O)CCCC(=O)O)C(=O)O)C(=O)O)C(=O)CN. The number of hydrogen-bond donors (Lipinski definition) is 9. The van der Waals surface area contributed by atoms with Crippen molar-refractivity contribution in [3.05, 3.63) is 18.2 Å². The third kappa shape index (κ3) is 16.7. The summed E-state index contributed by atoms with van der Waals surface area (Å²) in [5.74, 6) is -7.07. The van der Waals surface area contributed by atoms with Gasteiger partial charge in [-0.25, -0.2) is 14.6 Å². The fourth-order valence-electron chi connectivity index (χ4n) is 4.10. The van der Waals surface area contributed by atoms with Crippen molar-refractivity contribution < 1.29 is 53.7 Å². The lowest BCUT2D eigenvalue weighted by Crippen LogP contribution is -2.48. The van der Waals surface area contributed by atoms with Gasteiger partial charge >= 0.3 is 17.9 Å². The molecule has 3 unspecified atom stereocenters. The number of aromatic nitrogens is 2. The monoisotopic (exact) mass is 654 g/mol. The number of aliphatic carboxylic acids is 3. The molecule has 0 saturated carbocycles. The first-order chi connectivity index (χ1) is 21.7. The molecule has 0 bridgehead atoms. The highest BCUT2D eigenvalue weighted by atomic mass is 16.4. The van der Waals surface area contributed by atoms with Crippen LogP contribution in [0.5, 0.6) is 0 Å². The summed E-state index contributed by atoms with van der Waals surface area (Å²) >= 11 is 0. The van der Waals surface area contributed by atoms with Crippen LogP contribution in [0.1, 0.15) is 57.6 Å². The summed E-state index contributed by atoms with van der Waals surface area (Å²) in [6, 6.07) is -3.21. The van der Waals surface area contributed by atoms with Gasteiger partial charge in [0, 0.05) is 57.4 Å². The van der Waals surface area contributed by atoms with Crippen LogP contribution in [0.3, 0.4) is 0 Å². The number of carboxylic acid groups (broad SMARTS) is 3. The predicted molar refractivity (Wildman–Crippen MR) is 158 cm³/mol. The fraction of sp³-hybridized carbons (Fsp3) is 0.593. The van der Waals surface area contributed by atoms with E-state index in [1.165, 1.54) is 11.2 Å². The van der Waals surface area contributed by atoms with E-state index in [1.54, 1.807) is 13.1 Å². The van der Waals surface area contributed by atoms with Gasteiger partial charge in [-0.3, -0.25) is 28.8 Å². The number of nitrogens with two attached hydrogens (primary N) is 1. The largest absolute Gasteiger partial charge is 0.481 e. The molecule has 1 rings (SSSR count). The second-order valence-corrected chi connectivity index (χ2v) is 10.3. The molecule has 0 aromatic carbocycles. The maximum Gasteiger partial charge on any atom is 0.326 e. The fourth-order valence-corrected chi connectivity index (χ4v) is 4.10. The van der Waals surface area contributed by atoms with Crippen LogP contribution in [0, 0.1) is 0 Å². The minimum Gasteiger partial charge on any atom is -0.481 e. The molecule has 19 nitrogen and oxygen atoms in total. The van der Waals surface area contributed by atoms with Crippen LogP contribution in [0.15, 0.2) is 12.5 Å². The summed E-state index contributed by atoms with van der Waals surface area (Å²) in [5, 5.41) is 37.0. The Morgan fingerprint density at radius 3 is 1.96 bits per heavy atom. The number of nitrogens with one attached hydrogen (secondary N) is 5. The van der Waals surface area contributed by atoms with Gasteiger partial charge in [-0.05, 0) is 26.2 Å². The van der Waals surface area contributed by atoms with Crippen molar-refractivity contribution in [2.75, 3.05) is 26.2 Å². The van der Waals surface area contributed by atoms with E-state index in [2.05, 4.69) is 31.2 Å². The van der Waals surface area contributed by atoms with Crippen LogP contribution in [0.4, 0.5) is 0 Å². The van der Waals surface area contributed by atoms with Crippen molar-refractivity contribution in [3.63, 3.8) is 0 Å². The average Bonchev–Trinajstić information content (AvgIpc) is 3.48. The number of hydrogen-bond acceptors (Lipinski definition) is 10. The Morgan fingerprint density at radius 2 is 1.43 bits per heavy atom. The zero-order valence-electron chi connectivity index (χ0n) is 25.5. The summed E-state index contributed by atoms with van der Waals surface area (Å²) < 4.78 is 0. The van der Waals surface area contributed by atoms with Crippen LogP contribution in [-0.4, -0.2) is 122 Å². The average molecular weight is 655 g/mol. The van der Waals surface area contributed by atoms with E-state index in [0.717, 1.165) is 5.69 Å². The molecule has 1 aromatic rings. The predicted octanol–water partition coefficient (Wildman–Crippen LogP) is -2.69. The molecule has 0 radical (unpaired) electrons. The highest BCUT2D eigenvalue weighted by Gasteiger charge is 2.25. The van der Waals surface area contributed by atoms with Crippen LogP contribution in [-0.2, 0) is 44.8 Å². The number of imidazole rings is 1. The van der Waals surface area contributed by atoms with E-state index in [1.807, 2.05) is 0 Å². The highest BCUT2D eigenvalue weighted by molar-refractivity contribution is 5.87. The lowest BCUT2D eigenvalue weighted by Gasteiger charge is -2.23. The van der Waals surface area contributed by atoms with Gasteiger partial charge in [0.25, 0.3) is 0 Å². The Balaban J connectivity index is 2.49. The molecule has 0 aliphatic heterocycles. The number of carbonyl (C=O) groups is 8. The molecule has 10 N–H and O–H groups in total. The third-order valence-electron chi connectivity index (χ3n) is 6.42. The van der Waals surface area contributed by atoms with E-state index >= 15 is 0 Å². The molecular weight excluding hydrogens is 612 g/mol. The van der Waals surface area contributed by atoms with Crippen LogP contribution >= 0.6 is 0 Å². The first kappa shape index (κ1) is 39.0. The van der Waals surface area contributed by atoms with Crippen LogP contribution in [0.25, 0.3) is 0 Å². The third-order valence-corrected chi connectivity index (χ3v) is 6.42. The molecule has 0 aliphatic rings. The Hall–Kier alpha value is -5.07. The van der Waals surface area contributed by atoms with Gasteiger partial charge < -0.3 is 52.2 Å². The summed E-state index contributed by atoms with van der Waals surface area (Å²) in [6.45, 7) is 0.986. The molecule has 46 heavy (non-hydrogen) atoms. The lowest BCUT2D eigenvalue weighted by atomic mass is 10.1. The van der Waals surface area contributed by atoms with E-state index < -0.39 is 65.9 Å². The van der Waals surface area contributed by atoms with Crippen molar-refractivity contribution in [1.82, 2.24) is 36.1 Å². The van der Waals surface area contributed by atoms with E-state index in [-0.39, 0.29) is 70.7 Å². The molecule has 0 fully saturated rings. The summed E-state index contributed by atoms with van der Waals surface area (Å²) in [4.78, 5) is 103. The molecule has 1 aromatic heterocycles. The zero-order valence-corrected chi connectivity index (χ0v) is 25.5. The van der Waals surface area contributed by atoms with Crippen LogP contribution in [0.2, 0.25) is 0 Å².